The van der Waals surface area contributed by atoms with Gasteiger partial charge in [0.15, 0.2) is 11.5 Å². The molecule has 126 valence electrons. The van der Waals surface area contributed by atoms with E-state index in [2.05, 4.69) is 5.32 Å². The van der Waals surface area contributed by atoms with Crippen molar-refractivity contribution in [3.05, 3.63) is 58.6 Å². The van der Waals surface area contributed by atoms with Gasteiger partial charge in [0.2, 0.25) is 5.91 Å². The van der Waals surface area contributed by atoms with Crippen molar-refractivity contribution in [3.63, 3.8) is 0 Å². The van der Waals surface area contributed by atoms with E-state index in [4.69, 9.17) is 21.1 Å². The number of carbonyl (C=O) groups excluding carboxylic acids is 1. The maximum absolute atomic E-state index is 12.1. The second kappa shape index (κ2) is 8.06. The SMILES string of the molecule is O=C(Cc1ccc2c(c1)OCCCO2)NCCc1cccc(Cl)c1. The standard InChI is InChI=1S/C19H20ClNO3/c20-16-4-1-3-14(11-16)7-8-21-19(22)13-15-5-6-17-18(12-15)24-10-2-9-23-17/h1,3-6,11-12H,2,7-10,13H2,(H,21,22). The van der Waals surface area contributed by atoms with Crippen LogP contribution in [0.15, 0.2) is 42.5 Å². The number of nitrogens with one attached hydrogen (secondary N) is 1. The maximum atomic E-state index is 12.1. The summed E-state index contributed by atoms with van der Waals surface area (Å²) in [5.41, 5.74) is 2.03. The first-order valence-electron chi connectivity index (χ1n) is 8.10. The Bertz CT molecular complexity index is 718. The van der Waals surface area contributed by atoms with Gasteiger partial charge in [-0.05, 0) is 41.8 Å². The summed E-state index contributed by atoms with van der Waals surface area (Å²) in [6.07, 6.45) is 1.95. The molecule has 0 atom stereocenters. The number of amides is 1. The molecular weight excluding hydrogens is 326 g/mol. The van der Waals surface area contributed by atoms with Crippen LogP contribution in [0.3, 0.4) is 0 Å². The maximum Gasteiger partial charge on any atom is 0.224 e. The molecule has 0 unspecified atom stereocenters. The molecule has 1 N–H and O–H groups in total. The Hall–Kier alpha value is -2.20. The zero-order valence-corrected chi connectivity index (χ0v) is 14.1. The van der Waals surface area contributed by atoms with E-state index in [9.17, 15) is 4.79 Å². The lowest BCUT2D eigenvalue weighted by atomic mass is 10.1. The fourth-order valence-corrected chi connectivity index (χ4v) is 2.82. The summed E-state index contributed by atoms with van der Waals surface area (Å²) in [5.74, 6) is 1.46. The molecule has 2 aromatic carbocycles. The molecule has 0 bridgehead atoms. The molecule has 0 radical (unpaired) electrons. The van der Waals surface area contributed by atoms with E-state index in [0.717, 1.165) is 35.5 Å². The van der Waals surface area contributed by atoms with Crippen molar-refractivity contribution in [1.82, 2.24) is 5.32 Å². The molecule has 0 aliphatic carbocycles. The van der Waals surface area contributed by atoms with Crippen LogP contribution >= 0.6 is 11.6 Å². The number of carbonyl (C=O) groups is 1. The van der Waals surface area contributed by atoms with Crippen LogP contribution in [0.25, 0.3) is 0 Å². The second-order valence-electron chi connectivity index (χ2n) is 5.74. The van der Waals surface area contributed by atoms with Crippen molar-refractivity contribution in [1.29, 1.82) is 0 Å². The quantitative estimate of drug-likeness (QED) is 0.903. The second-order valence-corrected chi connectivity index (χ2v) is 6.17. The molecule has 0 spiro atoms. The average molecular weight is 346 g/mol. The Morgan fingerprint density at radius 1 is 1.04 bits per heavy atom. The molecule has 2 aromatic rings. The lowest BCUT2D eigenvalue weighted by molar-refractivity contribution is -0.120. The van der Waals surface area contributed by atoms with Gasteiger partial charge in [0, 0.05) is 18.0 Å². The summed E-state index contributed by atoms with van der Waals surface area (Å²) in [6.45, 7) is 1.89. The van der Waals surface area contributed by atoms with Crippen LogP contribution in [-0.2, 0) is 17.6 Å². The average Bonchev–Trinajstić information content (AvgIpc) is 2.80. The minimum Gasteiger partial charge on any atom is -0.490 e. The zero-order chi connectivity index (χ0) is 16.8. The third kappa shape index (κ3) is 4.65. The van der Waals surface area contributed by atoms with Crippen LogP contribution in [0, 0.1) is 0 Å². The topological polar surface area (TPSA) is 47.6 Å². The molecule has 1 aliphatic rings. The molecule has 4 nitrogen and oxygen atoms in total. The van der Waals surface area contributed by atoms with Crippen molar-refractivity contribution >= 4 is 17.5 Å². The predicted molar refractivity (Wildman–Crippen MR) is 93.9 cm³/mol. The summed E-state index contributed by atoms with van der Waals surface area (Å²) < 4.78 is 11.2. The molecule has 3 rings (SSSR count). The highest BCUT2D eigenvalue weighted by Crippen LogP contribution is 2.30. The van der Waals surface area contributed by atoms with Gasteiger partial charge in [0.25, 0.3) is 0 Å². The minimum atomic E-state index is -0.00785. The summed E-state index contributed by atoms with van der Waals surface area (Å²) in [7, 11) is 0. The Morgan fingerprint density at radius 3 is 2.71 bits per heavy atom. The predicted octanol–water partition coefficient (Wildman–Crippen LogP) is 3.40. The molecule has 0 saturated heterocycles. The van der Waals surface area contributed by atoms with Gasteiger partial charge in [-0.1, -0.05) is 29.8 Å². The lowest BCUT2D eigenvalue weighted by Gasteiger charge is -2.10. The highest BCUT2D eigenvalue weighted by atomic mass is 35.5. The zero-order valence-electron chi connectivity index (χ0n) is 13.4. The molecule has 1 amide bonds. The van der Waals surface area contributed by atoms with Crippen LogP contribution < -0.4 is 14.8 Å². The number of hydrogen-bond acceptors (Lipinski definition) is 3. The number of hydrogen-bond donors (Lipinski definition) is 1. The van der Waals surface area contributed by atoms with Gasteiger partial charge < -0.3 is 14.8 Å². The molecule has 1 heterocycles. The van der Waals surface area contributed by atoms with Gasteiger partial charge in [0.1, 0.15) is 0 Å². The molecule has 0 aromatic heterocycles. The van der Waals surface area contributed by atoms with Crippen molar-refractivity contribution in [2.45, 2.75) is 19.3 Å². The highest BCUT2D eigenvalue weighted by Gasteiger charge is 2.12. The van der Waals surface area contributed by atoms with Gasteiger partial charge in [-0.3, -0.25) is 4.79 Å². The molecule has 1 aliphatic heterocycles. The Labute approximate surface area is 146 Å². The number of fused-ring (bicyclic) bond motifs is 1. The fourth-order valence-electron chi connectivity index (χ4n) is 2.60. The van der Waals surface area contributed by atoms with E-state index in [0.29, 0.717) is 31.2 Å². The van der Waals surface area contributed by atoms with Gasteiger partial charge in [-0.2, -0.15) is 0 Å². The van der Waals surface area contributed by atoms with Gasteiger partial charge in [-0.15, -0.1) is 0 Å². The Morgan fingerprint density at radius 2 is 1.88 bits per heavy atom. The number of halogens is 1. The number of benzene rings is 2. The van der Waals surface area contributed by atoms with Crippen molar-refractivity contribution < 1.29 is 14.3 Å². The van der Waals surface area contributed by atoms with Gasteiger partial charge in [0.05, 0.1) is 19.6 Å². The third-order valence-corrected chi connectivity index (χ3v) is 4.04. The van der Waals surface area contributed by atoms with E-state index in [1.807, 2.05) is 42.5 Å². The first-order valence-corrected chi connectivity index (χ1v) is 8.48. The van der Waals surface area contributed by atoms with Crippen molar-refractivity contribution in [2.75, 3.05) is 19.8 Å². The van der Waals surface area contributed by atoms with E-state index in [1.165, 1.54) is 0 Å². The minimum absolute atomic E-state index is 0.00785. The first-order chi connectivity index (χ1) is 11.7. The monoisotopic (exact) mass is 345 g/mol. The fraction of sp³-hybridized carbons (Fsp3) is 0.316. The highest BCUT2D eigenvalue weighted by molar-refractivity contribution is 6.30. The van der Waals surface area contributed by atoms with E-state index in [-0.39, 0.29) is 5.91 Å². The van der Waals surface area contributed by atoms with Crippen molar-refractivity contribution in [3.8, 4) is 11.5 Å². The molecule has 0 fully saturated rings. The number of ether oxygens (including phenoxy) is 2. The van der Waals surface area contributed by atoms with E-state index >= 15 is 0 Å². The normalized spacial score (nSPS) is 13.2. The van der Waals surface area contributed by atoms with Crippen LogP contribution in [0.1, 0.15) is 17.5 Å². The summed E-state index contributed by atoms with van der Waals surface area (Å²) >= 11 is 5.95. The van der Waals surface area contributed by atoms with Crippen LogP contribution in [0.5, 0.6) is 11.5 Å². The Balaban J connectivity index is 1.50. The first kappa shape index (κ1) is 16.7. The molecule has 5 heteroatoms. The smallest absolute Gasteiger partial charge is 0.224 e. The van der Waals surface area contributed by atoms with E-state index in [1.54, 1.807) is 0 Å². The third-order valence-electron chi connectivity index (χ3n) is 3.80. The van der Waals surface area contributed by atoms with Gasteiger partial charge in [-0.25, -0.2) is 0 Å². The largest absolute Gasteiger partial charge is 0.490 e. The molecule has 0 saturated carbocycles. The summed E-state index contributed by atoms with van der Waals surface area (Å²) in [5, 5.41) is 3.65. The Kier molecular flexibility index (Phi) is 5.59. The van der Waals surface area contributed by atoms with Crippen LogP contribution in [-0.4, -0.2) is 25.7 Å². The van der Waals surface area contributed by atoms with Crippen LogP contribution in [0.2, 0.25) is 5.02 Å². The summed E-state index contributed by atoms with van der Waals surface area (Å²) in [6, 6.07) is 13.3. The lowest BCUT2D eigenvalue weighted by Crippen LogP contribution is -2.27. The van der Waals surface area contributed by atoms with Crippen molar-refractivity contribution in [2.24, 2.45) is 0 Å². The van der Waals surface area contributed by atoms with Crippen LogP contribution in [0.4, 0.5) is 0 Å². The molecule has 24 heavy (non-hydrogen) atoms. The van der Waals surface area contributed by atoms with E-state index < -0.39 is 0 Å². The summed E-state index contributed by atoms with van der Waals surface area (Å²) in [4.78, 5) is 12.1. The van der Waals surface area contributed by atoms with Gasteiger partial charge >= 0.3 is 0 Å². The molecular formula is C19H20ClNO3. The number of rotatable bonds is 5.